The van der Waals surface area contributed by atoms with Crippen LogP contribution in [0.4, 0.5) is 0 Å². The lowest BCUT2D eigenvalue weighted by Crippen LogP contribution is -2.21. The zero-order valence-corrected chi connectivity index (χ0v) is 20.1. The van der Waals surface area contributed by atoms with Gasteiger partial charge in [0, 0.05) is 45.8 Å². The molecule has 4 aromatic rings. The number of benzene rings is 4. The van der Waals surface area contributed by atoms with Crippen LogP contribution in [0.3, 0.4) is 0 Å². The Hall–Kier alpha value is -4.98. The number of hydrogen-bond acceptors (Lipinski definition) is 8. The van der Waals surface area contributed by atoms with E-state index in [1.807, 2.05) is 36.4 Å². The molecule has 0 amide bonds. The summed E-state index contributed by atoms with van der Waals surface area (Å²) in [5.41, 5.74) is 2.03. The zero-order valence-electron chi connectivity index (χ0n) is 20.1. The van der Waals surface area contributed by atoms with Crippen LogP contribution in [-0.4, -0.2) is 47.1 Å². The first-order valence-corrected chi connectivity index (χ1v) is 11.4. The predicted molar refractivity (Wildman–Crippen MR) is 140 cm³/mol. The van der Waals surface area contributed by atoms with Crippen molar-refractivity contribution < 1.29 is 29.9 Å². The number of nitrogens with zero attached hydrogens (tertiary/aromatic N) is 2. The van der Waals surface area contributed by atoms with E-state index >= 15 is 0 Å². The second-order valence-electron chi connectivity index (χ2n) is 8.38. The van der Waals surface area contributed by atoms with Gasteiger partial charge in [0.05, 0.1) is 14.2 Å². The maximum atomic E-state index is 10.4. The van der Waals surface area contributed by atoms with Crippen LogP contribution in [0.25, 0.3) is 11.1 Å². The van der Waals surface area contributed by atoms with E-state index in [0.717, 1.165) is 11.1 Å². The number of aliphatic imine (C=N–C) groups is 2. The minimum Gasteiger partial charge on any atom is -0.504 e. The Morgan fingerprint density at radius 2 is 1.00 bits per heavy atom. The fraction of sp³-hybridized carbons (Fsp3) is 0.103. The van der Waals surface area contributed by atoms with E-state index in [1.165, 1.54) is 24.6 Å². The van der Waals surface area contributed by atoms with Gasteiger partial charge in [0.2, 0.25) is 5.66 Å². The second kappa shape index (κ2) is 9.23. The molecule has 0 aromatic heterocycles. The summed E-state index contributed by atoms with van der Waals surface area (Å²) in [4.78, 5) is 9.76. The normalized spacial score (nSPS) is 13.6. The quantitative estimate of drug-likeness (QED) is 0.221. The van der Waals surface area contributed by atoms with Gasteiger partial charge in [-0.15, -0.1) is 0 Å². The Labute approximate surface area is 213 Å². The van der Waals surface area contributed by atoms with Gasteiger partial charge in [-0.05, 0) is 36.4 Å². The van der Waals surface area contributed by atoms with Gasteiger partial charge in [0.25, 0.3) is 0 Å². The van der Waals surface area contributed by atoms with Gasteiger partial charge >= 0.3 is 0 Å². The Balaban J connectivity index is 1.83. The third-order valence-corrected chi connectivity index (χ3v) is 6.37. The molecule has 1 aliphatic carbocycles. The van der Waals surface area contributed by atoms with E-state index in [4.69, 9.17) is 19.5 Å². The topological polar surface area (TPSA) is 124 Å². The number of methoxy groups -OCH3 is 2. The molecule has 0 fully saturated rings. The Kier molecular flexibility index (Phi) is 5.93. The van der Waals surface area contributed by atoms with E-state index in [-0.39, 0.29) is 34.1 Å². The number of rotatable bonds is 6. The lowest BCUT2D eigenvalue weighted by atomic mass is 9.97. The maximum Gasteiger partial charge on any atom is 0.202 e. The summed E-state index contributed by atoms with van der Waals surface area (Å²) in [5.74, 6) is 0.00631. The Morgan fingerprint density at radius 1 is 0.595 bits per heavy atom. The van der Waals surface area contributed by atoms with Crippen molar-refractivity contribution in [1.29, 1.82) is 0 Å². The van der Waals surface area contributed by atoms with Crippen LogP contribution in [0, 0.1) is 0 Å². The number of ether oxygens (including phenoxy) is 2. The van der Waals surface area contributed by atoms with E-state index in [9.17, 15) is 20.4 Å². The van der Waals surface area contributed by atoms with Crippen LogP contribution in [0.5, 0.6) is 34.5 Å². The van der Waals surface area contributed by atoms with Gasteiger partial charge in [-0.2, -0.15) is 0 Å². The molecule has 0 radical (unpaired) electrons. The molecule has 8 nitrogen and oxygen atoms in total. The smallest absolute Gasteiger partial charge is 0.202 e. The van der Waals surface area contributed by atoms with Crippen LogP contribution in [0.15, 0.2) is 82.8 Å². The highest BCUT2D eigenvalue weighted by Gasteiger charge is 2.45. The standard InChI is InChI=1S/C29H24N2O6/c1-36-23-13-5-9-19-25(23)26-20(10-6-14-24(26)37-2)29(19,30-15-17-7-3-11-21(32)27(17)34)31-16-18-8-4-12-22(33)28(18)35/h3-16,32-35H,1-2H3. The first-order chi connectivity index (χ1) is 17.9. The summed E-state index contributed by atoms with van der Waals surface area (Å²) in [6, 6.07) is 20.2. The zero-order chi connectivity index (χ0) is 26.2. The fourth-order valence-electron chi connectivity index (χ4n) is 4.59. The number of aromatic hydroxyl groups is 4. The molecular weight excluding hydrogens is 472 g/mol. The lowest BCUT2D eigenvalue weighted by Gasteiger charge is -2.24. The van der Waals surface area contributed by atoms with Crippen molar-refractivity contribution in [1.82, 2.24) is 0 Å². The van der Waals surface area contributed by atoms with Crippen molar-refractivity contribution in [2.24, 2.45) is 9.98 Å². The second-order valence-corrected chi connectivity index (χ2v) is 8.38. The molecule has 37 heavy (non-hydrogen) atoms. The first kappa shape index (κ1) is 23.7. The minimum atomic E-state index is -1.39. The molecule has 0 spiro atoms. The van der Waals surface area contributed by atoms with E-state index in [1.54, 1.807) is 38.5 Å². The highest BCUT2D eigenvalue weighted by atomic mass is 16.5. The van der Waals surface area contributed by atoms with Gasteiger partial charge < -0.3 is 29.9 Å². The molecule has 0 saturated carbocycles. The number of hydrogen-bond donors (Lipinski definition) is 4. The summed E-state index contributed by atoms with van der Waals surface area (Å²) in [6.45, 7) is 0. The average molecular weight is 497 g/mol. The average Bonchev–Trinajstić information content (AvgIpc) is 3.20. The number of phenolic OH excluding ortho intramolecular Hbond substituents is 4. The highest BCUT2D eigenvalue weighted by molar-refractivity contribution is 5.93. The molecule has 4 aromatic carbocycles. The third-order valence-electron chi connectivity index (χ3n) is 6.37. The van der Waals surface area contributed by atoms with Crippen LogP contribution in [0.2, 0.25) is 0 Å². The molecule has 0 saturated heterocycles. The van der Waals surface area contributed by atoms with E-state index < -0.39 is 5.66 Å². The molecule has 4 N–H and O–H groups in total. The Bertz CT molecular complexity index is 1440. The van der Waals surface area contributed by atoms with Crippen LogP contribution in [-0.2, 0) is 5.66 Å². The minimum absolute atomic E-state index is 0.276. The van der Waals surface area contributed by atoms with Crippen LogP contribution in [0.1, 0.15) is 22.3 Å². The number of para-hydroxylation sites is 2. The van der Waals surface area contributed by atoms with Gasteiger partial charge in [-0.1, -0.05) is 36.4 Å². The van der Waals surface area contributed by atoms with E-state index in [2.05, 4.69) is 0 Å². The van der Waals surface area contributed by atoms with Crippen LogP contribution < -0.4 is 9.47 Å². The molecule has 0 bridgehead atoms. The number of phenols is 4. The van der Waals surface area contributed by atoms with Gasteiger partial charge in [-0.25, -0.2) is 0 Å². The molecule has 0 aliphatic heterocycles. The fourth-order valence-corrected chi connectivity index (χ4v) is 4.59. The van der Waals surface area contributed by atoms with Gasteiger partial charge in [0.15, 0.2) is 23.0 Å². The van der Waals surface area contributed by atoms with Gasteiger partial charge in [-0.3, -0.25) is 9.98 Å². The van der Waals surface area contributed by atoms with Crippen molar-refractivity contribution in [3.63, 3.8) is 0 Å². The van der Waals surface area contributed by atoms with Crippen molar-refractivity contribution in [3.05, 3.63) is 95.1 Å². The SMILES string of the molecule is COc1cccc2c1-c1c(OC)cccc1C2(N=Cc1cccc(O)c1O)N=Cc1cccc(O)c1O. The summed E-state index contributed by atoms with van der Waals surface area (Å²) in [5, 5.41) is 40.8. The lowest BCUT2D eigenvalue weighted by molar-refractivity contribution is 0.403. The summed E-state index contributed by atoms with van der Waals surface area (Å²) < 4.78 is 11.4. The summed E-state index contributed by atoms with van der Waals surface area (Å²) in [6.07, 6.45) is 2.87. The third kappa shape index (κ3) is 3.79. The largest absolute Gasteiger partial charge is 0.504 e. The van der Waals surface area contributed by atoms with E-state index in [0.29, 0.717) is 22.6 Å². The summed E-state index contributed by atoms with van der Waals surface area (Å²) in [7, 11) is 3.15. The van der Waals surface area contributed by atoms with Crippen LogP contribution >= 0.6 is 0 Å². The first-order valence-electron chi connectivity index (χ1n) is 11.4. The van der Waals surface area contributed by atoms with Crippen molar-refractivity contribution >= 4 is 12.4 Å². The molecule has 186 valence electrons. The van der Waals surface area contributed by atoms with Gasteiger partial charge in [0.1, 0.15) is 11.5 Å². The van der Waals surface area contributed by atoms with Crippen molar-refractivity contribution in [2.45, 2.75) is 5.66 Å². The molecule has 8 heteroatoms. The molecule has 0 unspecified atom stereocenters. The summed E-state index contributed by atoms with van der Waals surface area (Å²) >= 11 is 0. The highest BCUT2D eigenvalue weighted by Crippen LogP contribution is 2.57. The number of fused-ring (bicyclic) bond motifs is 3. The molecule has 5 rings (SSSR count). The van der Waals surface area contributed by atoms with Crippen molar-refractivity contribution in [3.8, 4) is 45.6 Å². The monoisotopic (exact) mass is 496 g/mol. The predicted octanol–water partition coefficient (Wildman–Crippen LogP) is 4.95. The Morgan fingerprint density at radius 3 is 1.41 bits per heavy atom. The molecular formula is C29H24N2O6. The van der Waals surface area contributed by atoms with Crippen molar-refractivity contribution in [2.75, 3.05) is 14.2 Å². The molecule has 0 heterocycles. The molecule has 1 aliphatic rings. The molecule has 0 atom stereocenters. The maximum absolute atomic E-state index is 10.4.